The van der Waals surface area contributed by atoms with Crippen molar-refractivity contribution in [2.24, 2.45) is 0 Å². The number of halogens is 3. The first kappa shape index (κ1) is 16.6. The molecule has 0 unspecified atom stereocenters. The van der Waals surface area contributed by atoms with Crippen molar-refractivity contribution in [2.45, 2.75) is 43.6 Å². The smallest absolute Gasteiger partial charge is 0.347 e. The Labute approximate surface area is 147 Å². The zero-order valence-electron chi connectivity index (χ0n) is 13.3. The standard InChI is InChI=1S/C18H17F3N2OS/c19-18(20,21)11-3-1-10(2-4-11)15-7-8-16(25-15)17(24)23-14-9-12-5-6-13(14)22-12/h1-4,7-8,12-14,22H,5-6,9H2,(H,23,24)/t12-,13+,14-/m1/s1. The summed E-state index contributed by atoms with van der Waals surface area (Å²) in [5, 5.41) is 6.56. The molecular weight excluding hydrogens is 349 g/mol. The van der Waals surface area contributed by atoms with Crippen molar-refractivity contribution >= 4 is 17.2 Å². The maximum atomic E-state index is 12.6. The summed E-state index contributed by atoms with van der Waals surface area (Å²) in [6.07, 6.45) is -1.10. The number of thiophene rings is 1. The number of rotatable bonds is 3. The highest BCUT2D eigenvalue weighted by atomic mass is 32.1. The molecule has 4 rings (SSSR count). The third-order valence-electron chi connectivity index (χ3n) is 4.94. The van der Waals surface area contributed by atoms with Crippen molar-refractivity contribution in [1.82, 2.24) is 10.6 Å². The van der Waals surface area contributed by atoms with E-state index in [0.29, 0.717) is 22.5 Å². The van der Waals surface area contributed by atoms with E-state index in [-0.39, 0.29) is 11.9 Å². The summed E-state index contributed by atoms with van der Waals surface area (Å²) in [7, 11) is 0. The molecule has 1 aromatic heterocycles. The quantitative estimate of drug-likeness (QED) is 0.860. The Morgan fingerprint density at radius 2 is 1.88 bits per heavy atom. The number of amides is 1. The molecular formula is C18H17F3N2OS. The van der Waals surface area contributed by atoms with Gasteiger partial charge in [-0.25, -0.2) is 0 Å². The molecule has 3 heterocycles. The maximum Gasteiger partial charge on any atom is 0.416 e. The first-order valence-electron chi connectivity index (χ1n) is 8.24. The van der Waals surface area contributed by atoms with Gasteiger partial charge in [0.05, 0.1) is 10.4 Å². The van der Waals surface area contributed by atoms with Crippen LogP contribution in [0.1, 0.15) is 34.5 Å². The lowest BCUT2D eigenvalue weighted by atomic mass is 9.95. The highest BCUT2D eigenvalue weighted by Crippen LogP contribution is 2.33. The average Bonchev–Trinajstić information content (AvgIpc) is 3.30. The van der Waals surface area contributed by atoms with Crippen LogP contribution in [-0.2, 0) is 6.18 Å². The minimum absolute atomic E-state index is 0.109. The fourth-order valence-corrected chi connectivity index (χ4v) is 4.58. The van der Waals surface area contributed by atoms with Crippen LogP contribution in [0.15, 0.2) is 36.4 Å². The van der Waals surface area contributed by atoms with E-state index >= 15 is 0 Å². The normalized spacial score (nSPS) is 25.3. The molecule has 1 aromatic carbocycles. The summed E-state index contributed by atoms with van der Waals surface area (Å²) in [6.45, 7) is 0. The Kier molecular flexibility index (Phi) is 4.08. The van der Waals surface area contributed by atoms with Crippen LogP contribution in [0.4, 0.5) is 13.2 Å². The van der Waals surface area contributed by atoms with Crippen LogP contribution >= 0.6 is 11.3 Å². The molecule has 3 nitrogen and oxygen atoms in total. The first-order valence-corrected chi connectivity index (χ1v) is 9.06. The summed E-state index contributed by atoms with van der Waals surface area (Å²) in [6, 6.07) is 9.57. The van der Waals surface area contributed by atoms with Crippen molar-refractivity contribution in [3.05, 3.63) is 46.8 Å². The molecule has 7 heteroatoms. The molecule has 2 N–H and O–H groups in total. The number of benzene rings is 1. The van der Waals surface area contributed by atoms with Crippen LogP contribution in [0.5, 0.6) is 0 Å². The summed E-state index contributed by atoms with van der Waals surface area (Å²) in [4.78, 5) is 13.8. The Morgan fingerprint density at radius 3 is 2.48 bits per heavy atom. The predicted molar refractivity (Wildman–Crippen MR) is 90.6 cm³/mol. The SMILES string of the molecule is O=C(N[C@@H]1C[C@H]2CC[C@@H]1N2)c1ccc(-c2ccc(C(F)(F)F)cc2)s1. The van der Waals surface area contributed by atoms with Crippen molar-refractivity contribution in [3.8, 4) is 10.4 Å². The fraction of sp³-hybridized carbons (Fsp3) is 0.389. The largest absolute Gasteiger partial charge is 0.416 e. The molecule has 1 amide bonds. The highest BCUT2D eigenvalue weighted by Gasteiger charge is 2.39. The number of hydrogen-bond acceptors (Lipinski definition) is 3. The lowest BCUT2D eigenvalue weighted by molar-refractivity contribution is -0.137. The molecule has 25 heavy (non-hydrogen) atoms. The minimum Gasteiger partial charge on any atom is -0.347 e. The number of nitrogens with one attached hydrogen (secondary N) is 2. The summed E-state index contributed by atoms with van der Waals surface area (Å²) >= 11 is 1.30. The lowest BCUT2D eigenvalue weighted by Crippen LogP contribution is -2.42. The Bertz CT molecular complexity index is 784. The molecule has 2 aromatic rings. The number of carbonyl (C=O) groups is 1. The second kappa shape index (κ2) is 6.14. The number of hydrogen-bond donors (Lipinski definition) is 2. The molecule has 3 atom stereocenters. The molecule has 2 bridgehead atoms. The molecule has 0 radical (unpaired) electrons. The molecule has 2 saturated heterocycles. The van der Waals surface area contributed by atoms with Crippen LogP contribution in [0.3, 0.4) is 0 Å². The van der Waals surface area contributed by atoms with E-state index in [1.54, 1.807) is 12.1 Å². The average molecular weight is 366 g/mol. The van der Waals surface area contributed by atoms with Gasteiger partial charge in [-0.05, 0) is 49.1 Å². The van der Waals surface area contributed by atoms with Gasteiger partial charge < -0.3 is 10.6 Å². The van der Waals surface area contributed by atoms with Gasteiger partial charge >= 0.3 is 6.18 Å². The van der Waals surface area contributed by atoms with Crippen molar-refractivity contribution < 1.29 is 18.0 Å². The fourth-order valence-electron chi connectivity index (χ4n) is 3.66. The van der Waals surface area contributed by atoms with Gasteiger partial charge in [0, 0.05) is 23.0 Å². The zero-order valence-corrected chi connectivity index (χ0v) is 14.1. The molecule has 2 fully saturated rings. The van der Waals surface area contributed by atoms with E-state index in [1.807, 2.05) is 0 Å². The van der Waals surface area contributed by atoms with Crippen molar-refractivity contribution in [1.29, 1.82) is 0 Å². The molecule has 0 saturated carbocycles. The Morgan fingerprint density at radius 1 is 1.12 bits per heavy atom. The van der Waals surface area contributed by atoms with Gasteiger partial charge in [0.2, 0.25) is 0 Å². The lowest BCUT2D eigenvalue weighted by Gasteiger charge is -2.20. The topological polar surface area (TPSA) is 41.1 Å². The van der Waals surface area contributed by atoms with E-state index in [9.17, 15) is 18.0 Å². The van der Waals surface area contributed by atoms with E-state index in [1.165, 1.54) is 29.9 Å². The van der Waals surface area contributed by atoms with Crippen LogP contribution in [0.2, 0.25) is 0 Å². The molecule has 0 aliphatic carbocycles. The Balaban J connectivity index is 1.45. The van der Waals surface area contributed by atoms with E-state index in [2.05, 4.69) is 10.6 Å². The van der Waals surface area contributed by atoms with Crippen LogP contribution in [0.25, 0.3) is 10.4 Å². The zero-order chi connectivity index (χ0) is 17.6. The maximum absolute atomic E-state index is 12.6. The van der Waals surface area contributed by atoms with Gasteiger partial charge in [0.1, 0.15) is 0 Å². The van der Waals surface area contributed by atoms with Gasteiger partial charge in [-0.3, -0.25) is 4.79 Å². The van der Waals surface area contributed by atoms with Crippen molar-refractivity contribution in [2.75, 3.05) is 0 Å². The number of carbonyl (C=O) groups excluding carboxylic acids is 1. The summed E-state index contributed by atoms with van der Waals surface area (Å²) in [5.74, 6) is -0.109. The molecule has 2 aliphatic heterocycles. The van der Waals surface area contributed by atoms with Crippen LogP contribution in [0, 0.1) is 0 Å². The first-order chi connectivity index (χ1) is 11.9. The van der Waals surface area contributed by atoms with E-state index in [4.69, 9.17) is 0 Å². The summed E-state index contributed by atoms with van der Waals surface area (Å²) < 4.78 is 37.9. The van der Waals surface area contributed by atoms with E-state index in [0.717, 1.165) is 29.9 Å². The van der Waals surface area contributed by atoms with Crippen molar-refractivity contribution in [3.63, 3.8) is 0 Å². The highest BCUT2D eigenvalue weighted by molar-refractivity contribution is 7.17. The van der Waals surface area contributed by atoms with Gasteiger partial charge in [0.25, 0.3) is 5.91 Å². The second-order valence-corrected chi connectivity index (χ2v) is 7.69. The minimum atomic E-state index is -4.34. The third-order valence-corrected chi connectivity index (χ3v) is 6.08. The number of fused-ring (bicyclic) bond motifs is 2. The monoisotopic (exact) mass is 366 g/mol. The second-order valence-electron chi connectivity index (χ2n) is 6.60. The van der Waals surface area contributed by atoms with Gasteiger partial charge in [-0.15, -0.1) is 11.3 Å². The molecule has 0 spiro atoms. The van der Waals surface area contributed by atoms with Gasteiger partial charge in [-0.1, -0.05) is 12.1 Å². The summed E-state index contributed by atoms with van der Waals surface area (Å²) in [5.41, 5.74) is 0.00759. The van der Waals surface area contributed by atoms with Crippen LogP contribution < -0.4 is 10.6 Å². The van der Waals surface area contributed by atoms with Gasteiger partial charge in [0.15, 0.2) is 0 Å². The van der Waals surface area contributed by atoms with Gasteiger partial charge in [-0.2, -0.15) is 13.2 Å². The van der Waals surface area contributed by atoms with E-state index < -0.39 is 11.7 Å². The molecule has 2 aliphatic rings. The van der Waals surface area contributed by atoms with Crippen LogP contribution in [-0.4, -0.2) is 24.0 Å². The molecule has 132 valence electrons. The third kappa shape index (κ3) is 3.30. The number of alkyl halides is 3. The Hall–Kier alpha value is -1.86. The predicted octanol–water partition coefficient (Wildman–Crippen LogP) is 4.06.